The van der Waals surface area contributed by atoms with Gasteiger partial charge in [0.05, 0.1) is 0 Å². The fourth-order valence-electron chi connectivity index (χ4n) is 2.22. The Morgan fingerprint density at radius 1 is 1.17 bits per heavy atom. The Morgan fingerprint density at radius 2 is 1.96 bits per heavy atom. The van der Waals surface area contributed by atoms with Crippen molar-refractivity contribution in [1.82, 2.24) is 0 Å². The molecule has 0 aliphatic rings. The second kappa shape index (κ2) is 6.01. The van der Waals surface area contributed by atoms with E-state index in [2.05, 4.69) is 0 Å². The highest BCUT2D eigenvalue weighted by atomic mass is 35.5. The molecule has 0 aliphatic carbocycles. The zero-order valence-corrected chi connectivity index (χ0v) is 12.8. The lowest BCUT2D eigenvalue weighted by molar-refractivity contribution is 0.290. The third kappa shape index (κ3) is 3.19. The Bertz CT molecular complexity index is 950. The number of halogens is 3. The molecule has 3 nitrogen and oxygen atoms in total. The molecule has 1 aromatic heterocycles. The Hall–Kier alpha value is -2.40. The van der Waals surface area contributed by atoms with E-state index in [9.17, 15) is 13.6 Å². The predicted molar refractivity (Wildman–Crippen MR) is 82.9 cm³/mol. The summed E-state index contributed by atoms with van der Waals surface area (Å²) in [6.07, 6.45) is 0. The van der Waals surface area contributed by atoms with Gasteiger partial charge in [-0.3, -0.25) is 0 Å². The lowest BCUT2D eigenvalue weighted by atomic mass is 10.1. The van der Waals surface area contributed by atoms with Crippen LogP contribution in [0.3, 0.4) is 0 Å². The van der Waals surface area contributed by atoms with Crippen LogP contribution in [0, 0.1) is 18.6 Å². The molecular weight excluding hydrogens is 326 g/mol. The molecule has 6 heteroatoms. The highest BCUT2D eigenvalue weighted by Gasteiger charge is 2.11. The summed E-state index contributed by atoms with van der Waals surface area (Å²) in [6.45, 7) is 1.71. The van der Waals surface area contributed by atoms with Gasteiger partial charge in [-0.1, -0.05) is 11.6 Å². The van der Waals surface area contributed by atoms with E-state index in [1.807, 2.05) is 0 Å². The van der Waals surface area contributed by atoms with Crippen molar-refractivity contribution in [2.24, 2.45) is 0 Å². The molecular formula is C17H11ClF2O3. The molecule has 3 rings (SSSR count). The maximum absolute atomic E-state index is 13.6. The van der Waals surface area contributed by atoms with Crippen LogP contribution in [0.15, 0.2) is 45.6 Å². The molecule has 0 radical (unpaired) electrons. The molecule has 1 heterocycles. The topological polar surface area (TPSA) is 39.4 Å². The smallest absolute Gasteiger partial charge is 0.336 e. The van der Waals surface area contributed by atoms with Gasteiger partial charge in [-0.15, -0.1) is 0 Å². The molecule has 0 saturated heterocycles. The number of hydrogen-bond acceptors (Lipinski definition) is 3. The number of rotatable bonds is 3. The van der Waals surface area contributed by atoms with Gasteiger partial charge in [0.25, 0.3) is 0 Å². The van der Waals surface area contributed by atoms with E-state index >= 15 is 0 Å². The average molecular weight is 337 g/mol. The molecule has 0 spiro atoms. The van der Waals surface area contributed by atoms with Crippen molar-refractivity contribution in [3.05, 3.63) is 74.6 Å². The molecule has 0 fully saturated rings. The van der Waals surface area contributed by atoms with Gasteiger partial charge in [0, 0.05) is 28.1 Å². The molecule has 0 bridgehead atoms. The van der Waals surface area contributed by atoms with Crippen LogP contribution in [0.2, 0.25) is 5.02 Å². The minimum Gasteiger partial charge on any atom is -0.486 e. The number of ether oxygens (including phenoxy) is 1. The number of aryl methyl sites for hydroxylation is 1. The van der Waals surface area contributed by atoms with Crippen molar-refractivity contribution in [2.75, 3.05) is 0 Å². The predicted octanol–water partition coefficient (Wildman–Crippen LogP) is 4.61. The first kappa shape index (κ1) is 15.5. The van der Waals surface area contributed by atoms with Gasteiger partial charge in [-0.05, 0) is 36.8 Å². The van der Waals surface area contributed by atoms with E-state index in [-0.39, 0.29) is 12.4 Å². The van der Waals surface area contributed by atoms with E-state index in [1.54, 1.807) is 19.1 Å². The molecule has 0 unspecified atom stereocenters. The van der Waals surface area contributed by atoms with Gasteiger partial charge in [0.1, 0.15) is 18.0 Å². The second-order valence-electron chi connectivity index (χ2n) is 5.05. The van der Waals surface area contributed by atoms with Crippen molar-refractivity contribution in [3.63, 3.8) is 0 Å². The van der Waals surface area contributed by atoms with Crippen LogP contribution in [-0.4, -0.2) is 0 Å². The lowest BCUT2D eigenvalue weighted by Gasteiger charge is -2.10. The van der Waals surface area contributed by atoms with Crippen LogP contribution in [0.1, 0.15) is 11.1 Å². The lowest BCUT2D eigenvalue weighted by Crippen LogP contribution is -2.05. The van der Waals surface area contributed by atoms with Gasteiger partial charge in [0.15, 0.2) is 11.6 Å². The second-order valence-corrected chi connectivity index (χ2v) is 5.46. The van der Waals surface area contributed by atoms with Crippen molar-refractivity contribution >= 4 is 22.6 Å². The standard InChI is InChI=1S/C17H11ClF2O3/c1-9-4-16-12(7-13(9)18)10(5-17(21)23-16)8-22-15-3-2-11(19)6-14(15)20/h2-7H,8H2,1H3. The molecule has 0 N–H and O–H groups in total. The summed E-state index contributed by atoms with van der Waals surface area (Å²) in [4.78, 5) is 11.6. The Labute approximate surface area is 135 Å². The van der Waals surface area contributed by atoms with Crippen molar-refractivity contribution in [3.8, 4) is 5.75 Å². The zero-order chi connectivity index (χ0) is 16.6. The van der Waals surface area contributed by atoms with E-state index < -0.39 is 17.3 Å². The van der Waals surface area contributed by atoms with Crippen LogP contribution in [0.4, 0.5) is 8.78 Å². The monoisotopic (exact) mass is 336 g/mol. The first-order valence-corrected chi connectivity index (χ1v) is 7.12. The zero-order valence-electron chi connectivity index (χ0n) is 12.0. The molecule has 2 aromatic carbocycles. The maximum atomic E-state index is 13.6. The first-order valence-electron chi connectivity index (χ1n) is 6.75. The number of benzene rings is 2. The Balaban J connectivity index is 1.99. The molecule has 0 aliphatic heterocycles. The minimum atomic E-state index is -0.814. The van der Waals surface area contributed by atoms with Crippen molar-refractivity contribution < 1.29 is 17.9 Å². The van der Waals surface area contributed by atoms with Gasteiger partial charge in [-0.2, -0.15) is 0 Å². The molecule has 23 heavy (non-hydrogen) atoms. The quantitative estimate of drug-likeness (QED) is 0.656. The van der Waals surface area contributed by atoms with Crippen LogP contribution in [0.5, 0.6) is 5.75 Å². The van der Waals surface area contributed by atoms with Gasteiger partial charge < -0.3 is 9.15 Å². The normalized spacial score (nSPS) is 11.0. The summed E-state index contributed by atoms with van der Waals surface area (Å²) < 4.78 is 37.0. The number of fused-ring (bicyclic) bond motifs is 1. The fourth-order valence-corrected chi connectivity index (χ4v) is 2.38. The van der Waals surface area contributed by atoms with Crippen LogP contribution in [-0.2, 0) is 6.61 Å². The minimum absolute atomic E-state index is 0.0793. The average Bonchev–Trinajstić information content (AvgIpc) is 2.48. The summed E-state index contributed by atoms with van der Waals surface area (Å²) in [6, 6.07) is 7.59. The highest BCUT2D eigenvalue weighted by molar-refractivity contribution is 6.32. The molecule has 0 amide bonds. The Kier molecular flexibility index (Phi) is 4.05. The first-order chi connectivity index (χ1) is 10.9. The molecule has 3 aromatic rings. The van der Waals surface area contributed by atoms with Crippen molar-refractivity contribution in [1.29, 1.82) is 0 Å². The van der Waals surface area contributed by atoms with E-state index in [4.69, 9.17) is 20.8 Å². The van der Waals surface area contributed by atoms with E-state index in [0.717, 1.165) is 17.7 Å². The molecule has 0 saturated carbocycles. The summed E-state index contributed by atoms with van der Waals surface area (Å²) in [7, 11) is 0. The summed E-state index contributed by atoms with van der Waals surface area (Å²) >= 11 is 6.10. The summed E-state index contributed by atoms with van der Waals surface area (Å²) in [5.41, 5.74) is 1.10. The van der Waals surface area contributed by atoms with Gasteiger partial charge >= 0.3 is 5.63 Å². The van der Waals surface area contributed by atoms with Crippen molar-refractivity contribution in [2.45, 2.75) is 13.5 Å². The fraction of sp³-hybridized carbons (Fsp3) is 0.118. The highest BCUT2D eigenvalue weighted by Crippen LogP contribution is 2.26. The van der Waals surface area contributed by atoms with Gasteiger partial charge in [0.2, 0.25) is 0 Å². The summed E-state index contributed by atoms with van der Waals surface area (Å²) in [5.74, 6) is -1.61. The molecule has 0 atom stereocenters. The van der Waals surface area contributed by atoms with E-state index in [0.29, 0.717) is 21.6 Å². The van der Waals surface area contributed by atoms with E-state index in [1.165, 1.54) is 12.1 Å². The van der Waals surface area contributed by atoms with Crippen LogP contribution < -0.4 is 10.4 Å². The van der Waals surface area contributed by atoms with Crippen LogP contribution >= 0.6 is 11.6 Å². The molecule has 118 valence electrons. The largest absolute Gasteiger partial charge is 0.486 e. The Morgan fingerprint density at radius 3 is 2.70 bits per heavy atom. The summed E-state index contributed by atoms with van der Waals surface area (Å²) in [5, 5.41) is 1.11. The number of hydrogen-bond donors (Lipinski definition) is 0. The van der Waals surface area contributed by atoms with Gasteiger partial charge in [-0.25, -0.2) is 13.6 Å². The third-order valence-electron chi connectivity index (χ3n) is 3.39. The van der Waals surface area contributed by atoms with Crippen LogP contribution in [0.25, 0.3) is 11.0 Å². The maximum Gasteiger partial charge on any atom is 0.336 e. The SMILES string of the molecule is Cc1cc2oc(=O)cc(COc3ccc(F)cc3F)c2cc1Cl. The third-order valence-corrected chi connectivity index (χ3v) is 3.79.